The summed E-state index contributed by atoms with van der Waals surface area (Å²) >= 11 is 0. The maximum Gasteiger partial charge on any atom is 0.214 e. The van der Waals surface area contributed by atoms with E-state index in [1.54, 1.807) is 13.3 Å². The minimum atomic E-state index is -3.31. The Balaban J connectivity index is 2.29. The van der Waals surface area contributed by atoms with Crippen LogP contribution in [0.5, 0.6) is 0 Å². The molecule has 1 fully saturated rings. The molecule has 0 unspecified atom stereocenters. The standard InChI is InChI=1S/C6H13N3O2S/c1-8-2-3-9-4-6(5-9)12(7,10)11/h2,6H,3-5H2,1H3,(H2,7,10,11). The number of hydrogen-bond acceptors (Lipinski definition) is 4. The normalized spacial score (nSPS) is 21.5. The molecule has 0 saturated carbocycles. The molecule has 0 radical (unpaired) electrons. The first-order valence-electron chi connectivity index (χ1n) is 3.68. The maximum atomic E-state index is 10.8. The van der Waals surface area contributed by atoms with E-state index >= 15 is 0 Å². The van der Waals surface area contributed by atoms with Crippen molar-refractivity contribution in [3.05, 3.63) is 0 Å². The van der Waals surface area contributed by atoms with E-state index in [0.717, 1.165) is 0 Å². The molecule has 2 N–H and O–H groups in total. The van der Waals surface area contributed by atoms with Crippen LogP contribution in [0.1, 0.15) is 0 Å². The SMILES string of the molecule is CN=CCN1CC(S(N)(=O)=O)C1. The molecule has 1 aliphatic rings. The van der Waals surface area contributed by atoms with Crippen LogP contribution in [0, 0.1) is 0 Å². The molecule has 0 atom stereocenters. The lowest BCUT2D eigenvalue weighted by atomic mass is 10.2. The Morgan fingerprint density at radius 3 is 2.67 bits per heavy atom. The second-order valence-electron chi connectivity index (χ2n) is 2.87. The molecule has 6 heteroatoms. The zero-order valence-corrected chi connectivity index (χ0v) is 7.79. The van der Waals surface area contributed by atoms with Crippen molar-refractivity contribution < 1.29 is 8.42 Å². The Morgan fingerprint density at radius 1 is 1.67 bits per heavy atom. The van der Waals surface area contributed by atoms with Gasteiger partial charge in [0, 0.05) is 32.9 Å². The first-order chi connectivity index (χ1) is 5.54. The fourth-order valence-electron chi connectivity index (χ4n) is 1.08. The summed E-state index contributed by atoms with van der Waals surface area (Å²) in [5.41, 5.74) is 0. The lowest BCUT2D eigenvalue weighted by molar-refractivity contribution is 0.215. The molecule has 0 aromatic rings. The molecule has 1 rings (SSSR count). The largest absolute Gasteiger partial charge is 0.300 e. The van der Waals surface area contributed by atoms with E-state index in [4.69, 9.17) is 5.14 Å². The number of aliphatic imine (C=N–C) groups is 1. The van der Waals surface area contributed by atoms with E-state index in [9.17, 15) is 8.42 Å². The van der Waals surface area contributed by atoms with Crippen LogP contribution in [0.25, 0.3) is 0 Å². The average Bonchev–Trinajstić information content (AvgIpc) is 1.81. The third-order valence-corrected chi connectivity index (χ3v) is 3.14. The number of nitrogens with two attached hydrogens (primary N) is 1. The Labute approximate surface area is 72.3 Å². The molecule has 0 spiro atoms. The van der Waals surface area contributed by atoms with Crippen molar-refractivity contribution >= 4 is 16.2 Å². The second kappa shape index (κ2) is 3.51. The molecule has 0 aromatic carbocycles. The number of hydrogen-bond donors (Lipinski definition) is 1. The fraction of sp³-hybridized carbons (Fsp3) is 0.833. The molecule has 0 amide bonds. The van der Waals surface area contributed by atoms with Crippen molar-refractivity contribution in [2.75, 3.05) is 26.7 Å². The summed E-state index contributed by atoms with van der Waals surface area (Å²) in [6.45, 7) is 1.78. The molecule has 70 valence electrons. The number of likely N-dealkylation sites (tertiary alicyclic amines) is 1. The van der Waals surface area contributed by atoms with Gasteiger partial charge in [-0.3, -0.25) is 9.89 Å². The smallest absolute Gasteiger partial charge is 0.214 e. The summed E-state index contributed by atoms with van der Waals surface area (Å²) in [7, 11) is -1.62. The predicted octanol–water partition coefficient (Wildman–Crippen LogP) is -1.34. The molecule has 12 heavy (non-hydrogen) atoms. The molecule has 0 bridgehead atoms. The highest BCUT2D eigenvalue weighted by Gasteiger charge is 2.34. The highest BCUT2D eigenvalue weighted by Crippen LogP contribution is 2.12. The third kappa shape index (κ3) is 2.26. The van der Waals surface area contributed by atoms with Gasteiger partial charge in [-0.05, 0) is 0 Å². The summed E-state index contributed by atoms with van der Waals surface area (Å²) in [5, 5.41) is 4.57. The van der Waals surface area contributed by atoms with Crippen LogP contribution in [0.15, 0.2) is 4.99 Å². The first-order valence-corrected chi connectivity index (χ1v) is 5.29. The lowest BCUT2D eigenvalue weighted by Gasteiger charge is -2.36. The number of nitrogens with zero attached hydrogens (tertiary/aromatic N) is 2. The monoisotopic (exact) mass is 191 g/mol. The maximum absolute atomic E-state index is 10.8. The molecule has 1 aliphatic heterocycles. The van der Waals surface area contributed by atoms with Crippen molar-refractivity contribution in [3.63, 3.8) is 0 Å². The van der Waals surface area contributed by atoms with Crippen LogP contribution in [-0.2, 0) is 10.0 Å². The van der Waals surface area contributed by atoms with E-state index in [0.29, 0.717) is 19.6 Å². The highest BCUT2D eigenvalue weighted by molar-refractivity contribution is 7.89. The van der Waals surface area contributed by atoms with Crippen molar-refractivity contribution in [1.29, 1.82) is 0 Å². The van der Waals surface area contributed by atoms with Gasteiger partial charge in [0.1, 0.15) is 5.25 Å². The van der Waals surface area contributed by atoms with E-state index in [-0.39, 0.29) is 5.25 Å². The quantitative estimate of drug-likeness (QED) is 0.561. The van der Waals surface area contributed by atoms with Gasteiger partial charge in [-0.25, -0.2) is 13.6 Å². The van der Waals surface area contributed by atoms with Crippen molar-refractivity contribution in [1.82, 2.24) is 4.90 Å². The second-order valence-corrected chi connectivity index (χ2v) is 4.72. The summed E-state index contributed by atoms with van der Waals surface area (Å²) in [5.74, 6) is 0. The van der Waals surface area contributed by atoms with Gasteiger partial charge < -0.3 is 0 Å². The van der Waals surface area contributed by atoms with Gasteiger partial charge in [0.2, 0.25) is 10.0 Å². The molecule has 5 nitrogen and oxygen atoms in total. The molecule has 0 aromatic heterocycles. The predicted molar refractivity (Wildman–Crippen MR) is 47.8 cm³/mol. The molecular weight excluding hydrogens is 178 g/mol. The van der Waals surface area contributed by atoms with Gasteiger partial charge in [0.05, 0.1) is 0 Å². The first kappa shape index (κ1) is 9.63. The van der Waals surface area contributed by atoms with E-state index < -0.39 is 10.0 Å². The molecule has 0 aliphatic carbocycles. The summed E-state index contributed by atoms with van der Waals surface area (Å²) in [6, 6.07) is 0. The molecular formula is C6H13N3O2S. The van der Waals surface area contributed by atoms with Crippen LogP contribution in [0.4, 0.5) is 0 Å². The summed E-state index contributed by atoms with van der Waals surface area (Å²) in [6.07, 6.45) is 1.75. The van der Waals surface area contributed by atoms with Crippen LogP contribution in [0.2, 0.25) is 0 Å². The minimum Gasteiger partial charge on any atom is -0.300 e. The lowest BCUT2D eigenvalue weighted by Crippen LogP contribution is -2.56. The third-order valence-electron chi connectivity index (χ3n) is 1.91. The molecule has 1 heterocycles. The Morgan fingerprint density at radius 2 is 2.25 bits per heavy atom. The van der Waals surface area contributed by atoms with Crippen molar-refractivity contribution in [3.8, 4) is 0 Å². The van der Waals surface area contributed by atoms with E-state index in [1.165, 1.54) is 0 Å². The summed E-state index contributed by atoms with van der Waals surface area (Å²) < 4.78 is 21.5. The average molecular weight is 191 g/mol. The van der Waals surface area contributed by atoms with Crippen LogP contribution >= 0.6 is 0 Å². The van der Waals surface area contributed by atoms with E-state index in [2.05, 4.69) is 4.99 Å². The van der Waals surface area contributed by atoms with Crippen molar-refractivity contribution in [2.45, 2.75) is 5.25 Å². The van der Waals surface area contributed by atoms with Gasteiger partial charge >= 0.3 is 0 Å². The van der Waals surface area contributed by atoms with Gasteiger partial charge in [-0.2, -0.15) is 0 Å². The van der Waals surface area contributed by atoms with E-state index in [1.807, 2.05) is 4.90 Å². The zero-order valence-electron chi connectivity index (χ0n) is 6.97. The Hall–Kier alpha value is -0.460. The van der Waals surface area contributed by atoms with Crippen LogP contribution in [0.3, 0.4) is 0 Å². The van der Waals surface area contributed by atoms with Gasteiger partial charge in [0.15, 0.2) is 0 Å². The molecule has 1 saturated heterocycles. The Bertz CT molecular complexity index is 267. The highest BCUT2D eigenvalue weighted by atomic mass is 32.2. The van der Waals surface area contributed by atoms with Crippen molar-refractivity contribution in [2.24, 2.45) is 10.1 Å². The topological polar surface area (TPSA) is 75.8 Å². The van der Waals surface area contributed by atoms with Gasteiger partial charge in [0.25, 0.3) is 0 Å². The number of sulfonamides is 1. The fourth-order valence-corrected chi connectivity index (χ4v) is 1.91. The zero-order chi connectivity index (χ0) is 9.19. The van der Waals surface area contributed by atoms with Gasteiger partial charge in [-0.15, -0.1) is 0 Å². The number of primary sulfonamides is 1. The number of rotatable bonds is 3. The Kier molecular flexibility index (Phi) is 2.81. The summed E-state index contributed by atoms with van der Waals surface area (Å²) in [4.78, 5) is 5.77. The minimum absolute atomic E-state index is 0.372. The van der Waals surface area contributed by atoms with Gasteiger partial charge in [-0.1, -0.05) is 0 Å². The van der Waals surface area contributed by atoms with Crippen LogP contribution in [-0.4, -0.2) is 51.5 Å². The van der Waals surface area contributed by atoms with Crippen LogP contribution < -0.4 is 5.14 Å².